The number of carbonyl (C=O) groups is 1. The third-order valence-corrected chi connectivity index (χ3v) is 4.94. The lowest BCUT2D eigenvalue weighted by Crippen LogP contribution is -2.14. The molecule has 0 saturated heterocycles. The molecule has 1 aromatic carbocycles. The zero-order valence-electron chi connectivity index (χ0n) is 15.4. The molecular formula is C19H23N3O4. The van der Waals surface area contributed by atoms with Crippen LogP contribution < -0.4 is 5.73 Å². The number of carbonyl (C=O) groups excluding carboxylic acids is 1. The summed E-state index contributed by atoms with van der Waals surface area (Å²) in [7, 11) is 0. The molecule has 0 atom stereocenters. The highest BCUT2D eigenvalue weighted by molar-refractivity contribution is 5.95. The molecule has 7 nitrogen and oxygen atoms in total. The van der Waals surface area contributed by atoms with Crippen LogP contribution in [0.1, 0.15) is 54.4 Å². The number of fused-ring (bicyclic) bond motifs is 1. The molecule has 0 fully saturated rings. The van der Waals surface area contributed by atoms with Gasteiger partial charge in [0.1, 0.15) is 28.4 Å². The van der Waals surface area contributed by atoms with Crippen molar-refractivity contribution in [3.05, 3.63) is 28.5 Å². The number of nitrogens with zero attached hydrogens (tertiary/aromatic N) is 2. The second-order valence-corrected chi connectivity index (χ2v) is 7.14. The number of aromatic nitrogens is 2. The van der Waals surface area contributed by atoms with Crippen LogP contribution in [-0.2, 0) is 16.6 Å². The molecule has 0 saturated carbocycles. The zero-order valence-corrected chi connectivity index (χ0v) is 15.4. The number of phenolic OH excluding ortho intramolecular Hbond substituents is 2. The Hall–Kier alpha value is -2.83. The average Bonchev–Trinajstić information content (AvgIpc) is 2.82. The third kappa shape index (κ3) is 2.73. The molecular weight excluding hydrogens is 334 g/mol. The van der Waals surface area contributed by atoms with E-state index in [1.165, 1.54) is 0 Å². The molecule has 0 spiro atoms. The molecule has 1 aliphatic rings. The predicted octanol–water partition coefficient (Wildman–Crippen LogP) is 2.85. The first-order valence-corrected chi connectivity index (χ1v) is 8.57. The SMILES string of the molecule is CCOC(=O)c1c(C)nc(-c2c(O)cc3c(c2O)CCC3(C)C)nc1N. The molecule has 1 heterocycles. The molecule has 1 aliphatic carbocycles. The van der Waals surface area contributed by atoms with Crippen molar-refractivity contribution in [1.82, 2.24) is 9.97 Å². The number of aromatic hydroxyl groups is 2. The summed E-state index contributed by atoms with van der Waals surface area (Å²) in [6, 6.07) is 1.66. The lowest BCUT2D eigenvalue weighted by atomic mass is 9.86. The van der Waals surface area contributed by atoms with Gasteiger partial charge >= 0.3 is 5.97 Å². The van der Waals surface area contributed by atoms with Crippen molar-refractivity contribution < 1.29 is 19.7 Å². The maximum absolute atomic E-state index is 12.0. The van der Waals surface area contributed by atoms with Gasteiger partial charge in [-0.15, -0.1) is 0 Å². The fourth-order valence-corrected chi connectivity index (χ4v) is 3.51. The van der Waals surface area contributed by atoms with Crippen molar-refractivity contribution >= 4 is 11.8 Å². The van der Waals surface area contributed by atoms with E-state index in [9.17, 15) is 15.0 Å². The number of benzene rings is 1. The van der Waals surface area contributed by atoms with Gasteiger partial charge in [-0.25, -0.2) is 14.8 Å². The summed E-state index contributed by atoms with van der Waals surface area (Å²) >= 11 is 0. The van der Waals surface area contributed by atoms with Crippen LogP contribution in [-0.4, -0.2) is 32.8 Å². The highest BCUT2D eigenvalue weighted by Gasteiger charge is 2.35. The number of esters is 1. The van der Waals surface area contributed by atoms with Crippen LogP contribution in [0.2, 0.25) is 0 Å². The number of rotatable bonds is 3. The van der Waals surface area contributed by atoms with Gasteiger partial charge in [-0.2, -0.15) is 0 Å². The Kier molecular flexibility index (Phi) is 4.26. The van der Waals surface area contributed by atoms with E-state index in [-0.39, 0.29) is 46.3 Å². The van der Waals surface area contributed by atoms with Crippen LogP contribution in [0.15, 0.2) is 6.07 Å². The van der Waals surface area contributed by atoms with Gasteiger partial charge in [-0.1, -0.05) is 13.8 Å². The molecule has 7 heteroatoms. The molecule has 2 aromatic rings. The summed E-state index contributed by atoms with van der Waals surface area (Å²) in [5.41, 5.74) is 8.07. The maximum Gasteiger partial charge on any atom is 0.343 e. The van der Waals surface area contributed by atoms with Crippen LogP contribution in [0.4, 0.5) is 5.82 Å². The van der Waals surface area contributed by atoms with Gasteiger partial charge < -0.3 is 20.7 Å². The third-order valence-electron chi connectivity index (χ3n) is 4.94. The number of nitrogen functional groups attached to an aromatic ring is 1. The summed E-state index contributed by atoms with van der Waals surface area (Å²) in [6.07, 6.45) is 1.58. The van der Waals surface area contributed by atoms with Crippen molar-refractivity contribution in [3.8, 4) is 22.9 Å². The Labute approximate surface area is 151 Å². The number of ether oxygens (including phenoxy) is 1. The molecule has 0 amide bonds. The second-order valence-electron chi connectivity index (χ2n) is 7.14. The van der Waals surface area contributed by atoms with Gasteiger partial charge in [0.05, 0.1) is 12.3 Å². The zero-order chi connectivity index (χ0) is 19.2. The second kappa shape index (κ2) is 6.16. The average molecular weight is 357 g/mol. The first kappa shape index (κ1) is 18.0. The van der Waals surface area contributed by atoms with Crippen LogP contribution in [0.3, 0.4) is 0 Å². The lowest BCUT2D eigenvalue weighted by Gasteiger charge is -2.20. The number of aryl methyl sites for hydroxylation is 1. The monoisotopic (exact) mass is 357 g/mol. The first-order chi connectivity index (χ1) is 12.2. The predicted molar refractivity (Wildman–Crippen MR) is 97.3 cm³/mol. The Morgan fingerprint density at radius 1 is 1.35 bits per heavy atom. The molecule has 26 heavy (non-hydrogen) atoms. The van der Waals surface area contributed by atoms with E-state index in [2.05, 4.69) is 23.8 Å². The number of anilines is 1. The summed E-state index contributed by atoms with van der Waals surface area (Å²) in [4.78, 5) is 20.4. The van der Waals surface area contributed by atoms with Gasteiger partial charge in [0, 0.05) is 0 Å². The van der Waals surface area contributed by atoms with E-state index in [4.69, 9.17) is 10.5 Å². The molecule has 0 bridgehead atoms. The Bertz CT molecular complexity index is 883. The molecule has 138 valence electrons. The van der Waals surface area contributed by atoms with E-state index in [0.29, 0.717) is 12.1 Å². The van der Waals surface area contributed by atoms with Gasteiger partial charge in [0.25, 0.3) is 0 Å². The number of hydrogen-bond donors (Lipinski definition) is 3. The smallest absolute Gasteiger partial charge is 0.343 e. The van der Waals surface area contributed by atoms with E-state index < -0.39 is 5.97 Å². The van der Waals surface area contributed by atoms with Crippen LogP contribution in [0, 0.1) is 6.92 Å². The van der Waals surface area contributed by atoms with Gasteiger partial charge in [-0.05, 0) is 49.3 Å². The van der Waals surface area contributed by atoms with Crippen LogP contribution >= 0.6 is 0 Å². The van der Waals surface area contributed by atoms with Crippen molar-refractivity contribution in [2.24, 2.45) is 0 Å². The molecule has 0 radical (unpaired) electrons. The van der Waals surface area contributed by atoms with Crippen LogP contribution in [0.25, 0.3) is 11.4 Å². The topological polar surface area (TPSA) is 119 Å². The van der Waals surface area contributed by atoms with E-state index >= 15 is 0 Å². The van der Waals surface area contributed by atoms with Crippen LogP contribution in [0.5, 0.6) is 11.5 Å². The van der Waals surface area contributed by atoms with E-state index in [0.717, 1.165) is 17.5 Å². The van der Waals surface area contributed by atoms with Gasteiger partial charge in [0.2, 0.25) is 0 Å². The fourth-order valence-electron chi connectivity index (χ4n) is 3.51. The fraction of sp³-hybridized carbons (Fsp3) is 0.421. The number of nitrogens with two attached hydrogens (primary N) is 1. The van der Waals surface area contributed by atoms with Crippen molar-refractivity contribution in [1.29, 1.82) is 0 Å². The number of phenols is 2. The van der Waals surface area contributed by atoms with E-state index in [1.807, 2.05) is 0 Å². The Morgan fingerprint density at radius 2 is 2.04 bits per heavy atom. The highest BCUT2D eigenvalue weighted by atomic mass is 16.5. The molecule has 4 N–H and O–H groups in total. The summed E-state index contributed by atoms with van der Waals surface area (Å²) in [5.74, 6) is -0.716. The highest BCUT2D eigenvalue weighted by Crippen LogP contribution is 2.49. The van der Waals surface area contributed by atoms with Gasteiger partial charge in [0.15, 0.2) is 5.82 Å². The lowest BCUT2D eigenvalue weighted by molar-refractivity contribution is 0.0526. The molecule has 0 unspecified atom stereocenters. The molecule has 1 aromatic heterocycles. The summed E-state index contributed by atoms with van der Waals surface area (Å²) < 4.78 is 4.97. The van der Waals surface area contributed by atoms with Crippen molar-refractivity contribution in [3.63, 3.8) is 0 Å². The standard InChI is InChI=1S/C19H23N3O4/c1-5-26-18(25)13-9(2)21-17(22-16(13)20)14-12(23)8-11-10(15(14)24)6-7-19(11,3)4/h8,23-24H,5-7H2,1-4H3,(H2,20,21,22). The normalized spacial score (nSPS) is 14.9. The minimum atomic E-state index is -0.599. The largest absolute Gasteiger partial charge is 0.507 e. The summed E-state index contributed by atoms with van der Waals surface area (Å²) in [5, 5.41) is 21.3. The van der Waals surface area contributed by atoms with E-state index in [1.54, 1.807) is 19.9 Å². The van der Waals surface area contributed by atoms with Gasteiger partial charge in [-0.3, -0.25) is 0 Å². The van der Waals surface area contributed by atoms with Crippen molar-refractivity contribution in [2.75, 3.05) is 12.3 Å². The first-order valence-electron chi connectivity index (χ1n) is 8.57. The Morgan fingerprint density at radius 3 is 2.65 bits per heavy atom. The molecule has 3 rings (SSSR count). The maximum atomic E-state index is 12.0. The number of hydrogen-bond acceptors (Lipinski definition) is 7. The minimum absolute atomic E-state index is 0.0340. The summed E-state index contributed by atoms with van der Waals surface area (Å²) in [6.45, 7) is 7.66. The molecule has 0 aliphatic heterocycles. The van der Waals surface area contributed by atoms with Crippen molar-refractivity contribution in [2.45, 2.75) is 46.0 Å². The Balaban J connectivity index is 2.16. The quantitative estimate of drug-likeness (QED) is 0.723. The minimum Gasteiger partial charge on any atom is -0.507 e.